The van der Waals surface area contributed by atoms with Crippen LogP contribution in [0.3, 0.4) is 0 Å². The van der Waals surface area contributed by atoms with Crippen LogP contribution in [0.15, 0.2) is 46.9 Å². The van der Waals surface area contributed by atoms with Gasteiger partial charge in [0.25, 0.3) is 5.91 Å². The van der Waals surface area contributed by atoms with E-state index >= 15 is 0 Å². The SMILES string of the molecule is COc1cc2sc(NC(=O)c3ccc(-c4cc(Cl)ccc4Cl)o3)nc2cc1Cl. The van der Waals surface area contributed by atoms with Crippen molar-refractivity contribution in [2.24, 2.45) is 0 Å². The summed E-state index contributed by atoms with van der Waals surface area (Å²) in [5, 5.41) is 4.59. The number of rotatable bonds is 4. The summed E-state index contributed by atoms with van der Waals surface area (Å²) < 4.78 is 11.7. The van der Waals surface area contributed by atoms with E-state index in [0.717, 1.165) is 4.70 Å². The van der Waals surface area contributed by atoms with Gasteiger partial charge in [0.2, 0.25) is 0 Å². The van der Waals surface area contributed by atoms with E-state index in [1.54, 1.807) is 42.5 Å². The highest BCUT2D eigenvalue weighted by molar-refractivity contribution is 7.22. The monoisotopic (exact) mass is 452 g/mol. The number of hydrogen-bond donors (Lipinski definition) is 1. The van der Waals surface area contributed by atoms with Crippen molar-refractivity contribution in [3.8, 4) is 17.1 Å². The Morgan fingerprint density at radius 3 is 2.71 bits per heavy atom. The fourth-order valence-electron chi connectivity index (χ4n) is 2.59. The molecule has 9 heteroatoms. The molecule has 0 aliphatic carbocycles. The molecule has 0 spiro atoms. The Bertz CT molecular complexity index is 1200. The van der Waals surface area contributed by atoms with E-state index in [-0.39, 0.29) is 5.76 Å². The van der Waals surface area contributed by atoms with Gasteiger partial charge in [0.1, 0.15) is 11.5 Å². The third-order valence-electron chi connectivity index (χ3n) is 3.91. The van der Waals surface area contributed by atoms with Gasteiger partial charge in [-0.1, -0.05) is 46.1 Å². The summed E-state index contributed by atoms with van der Waals surface area (Å²) >= 11 is 19.6. The van der Waals surface area contributed by atoms with Crippen molar-refractivity contribution < 1.29 is 13.9 Å². The molecule has 0 saturated heterocycles. The Labute approximate surface area is 178 Å². The number of fused-ring (bicyclic) bond motifs is 1. The maximum absolute atomic E-state index is 12.5. The number of furan rings is 1. The van der Waals surface area contributed by atoms with Crippen LogP contribution in [-0.2, 0) is 0 Å². The largest absolute Gasteiger partial charge is 0.495 e. The maximum Gasteiger partial charge on any atom is 0.293 e. The number of carbonyl (C=O) groups excluding carboxylic acids is 1. The van der Waals surface area contributed by atoms with Crippen molar-refractivity contribution >= 4 is 67.4 Å². The molecule has 28 heavy (non-hydrogen) atoms. The second kappa shape index (κ2) is 7.64. The minimum Gasteiger partial charge on any atom is -0.495 e. The van der Waals surface area contributed by atoms with E-state index in [1.165, 1.54) is 18.4 Å². The van der Waals surface area contributed by atoms with Gasteiger partial charge in [-0.05, 0) is 36.4 Å². The molecule has 2 heterocycles. The standard InChI is InChI=1S/C19H11Cl3N2O3S/c1-26-16-8-17-13(7-12(16)22)23-19(28-17)24-18(25)15-5-4-14(27-15)10-6-9(20)2-3-11(10)21/h2-8H,1H3,(H,23,24,25). The molecule has 0 aliphatic rings. The molecule has 4 aromatic rings. The van der Waals surface area contributed by atoms with Crippen LogP contribution in [0.5, 0.6) is 5.75 Å². The number of nitrogens with zero attached hydrogens (tertiary/aromatic N) is 1. The van der Waals surface area contributed by atoms with Gasteiger partial charge in [-0.3, -0.25) is 10.1 Å². The third kappa shape index (κ3) is 3.69. The van der Waals surface area contributed by atoms with Crippen LogP contribution in [0.4, 0.5) is 5.13 Å². The molecule has 0 fully saturated rings. The Kier molecular flexibility index (Phi) is 5.21. The smallest absolute Gasteiger partial charge is 0.293 e. The van der Waals surface area contributed by atoms with Crippen LogP contribution >= 0.6 is 46.1 Å². The summed E-state index contributed by atoms with van der Waals surface area (Å²) in [6.45, 7) is 0. The van der Waals surface area contributed by atoms with Gasteiger partial charge in [0, 0.05) is 16.7 Å². The molecule has 2 aromatic carbocycles. The number of anilines is 1. The van der Waals surface area contributed by atoms with Gasteiger partial charge in [0.05, 0.1) is 27.4 Å². The Balaban J connectivity index is 1.58. The lowest BCUT2D eigenvalue weighted by Gasteiger charge is -2.02. The molecule has 5 nitrogen and oxygen atoms in total. The fraction of sp³-hybridized carbons (Fsp3) is 0.0526. The zero-order valence-electron chi connectivity index (χ0n) is 14.3. The summed E-state index contributed by atoms with van der Waals surface area (Å²) in [6.07, 6.45) is 0. The number of nitrogens with one attached hydrogen (secondary N) is 1. The number of methoxy groups -OCH3 is 1. The number of benzene rings is 2. The van der Waals surface area contributed by atoms with Gasteiger partial charge < -0.3 is 9.15 Å². The van der Waals surface area contributed by atoms with E-state index in [9.17, 15) is 4.79 Å². The van der Waals surface area contributed by atoms with Crippen molar-refractivity contribution in [2.75, 3.05) is 12.4 Å². The number of carbonyl (C=O) groups is 1. The van der Waals surface area contributed by atoms with Gasteiger partial charge >= 0.3 is 0 Å². The summed E-state index contributed by atoms with van der Waals surface area (Å²) in [5.41, 5.74) is 1.27. The summed E-state index contributed by atoms with van der Waals surface area (Å²) in [6, 6.07) is 11.7. The minimum absolute atomic E-state index is 0.126. The molecule has 4 rings (SSSR count). The number of thiazole rings is 1. The highest BCUT2D eigenvalue weighted by atomic mass is 35.5. The first-order valence-corrected chi connectivity index (χ1v) is 9.90. The number of ether oxygens (including phenoxy) is 1. The molecule has 0 bridgehead atoms. The molecule has 2 aromatic heterocycles. The Morgan fingerprint density at radius 1 is 1.11 bits per heavy atom. The number of halogens is 3. The van der Waals surface area contributed by atoms with Crippen LogP contribution in [0, 0.1) is 0 Å². The third-order valence-corrected chi connectivity index (χ3v) is 5.70. The first-order chi connectivity index (χ1) is 13.4. The van der Waals surface area contributed by atoms with E-state index in [2.05, 4.69) is 10.3 Å². The lowest BCUT2D eigenvalue weighted by atomic mass is 10.2. The normalized spacial score (nSPS) is 11.0. The quantitative estimate of drug-likeness (QED) is 0.370. The lowest BCUT2D eigenvalue weighted by Crippen LogP contribution is -2.10. The summed E-state index contributed by atoms with van der Waals surface area (Å²) in [5.74, 6) is 0.686. The van der Waals surface area contributed by atoms with E-state index < -0.39 is 5.91 Å². The van der Waals surface area contributed by atoms with Crippen LogP contribution in [-0.4, -0.2) is 18.0 Å². The fourth-order valence-corrected chi connectivity index (χ4v) is 4.08. The zero-order chi connectivity index (χ0) is 19.8. The molecular formula is C19H11Cl3N2O3S. The number of aromatic nitrogens is 1. The van der Waals surface area contributed by atoms with Crippen LogP contribution < -0.4 is 10.1 Å². The highest BCUT2D eigenvalue weighted by Crippen LogP contribution is 2.35. The first-order valence-electron chi connectivity index (χ1n) is 7.95. The van der Waals surface area contributed by atoms with Crippen molar-refractivity contribution in [2.45, 2.75) is 0 Å². The van der Waals surface area contributed by atoms with Crippen molar-refractivity contribution in [3.05, 3.63) is 63.3 Å². The first kappa shape index (κ1) is 19.1. The lowest BCUT2D eigenvalue weighted by molar-refractivity contribution is 0.0997. The van der Waals surface area contributed by atoms with Gasteiger partial charge in [-0.25, -0.2) is 4.98 Å². The second-order valence-corrected chi connectivity index (χ2v) is 8.00. The molecule has 1 amide bonds. The van der Waals surface area contributed by atoms with Gasteiger partial charge in [0.15, 0.2) is 10.9 Å². The number of hydrogen-bond acceptors (Lipinski definition) is 5. The van der Waals surface area contributed by atoms with Gasteiger partial charge in [-0.2, -0.15) is 0 Å². The summed E-state index contributed by atoms with van der Waals surface area (Å²) in [4.78, 5) is 16.9. The molecule has 0 saturated carbocycles. The van der Waals surface area contributed by atoms with Crippen LogP contribution in [0.1, 0.15) is 10.6 Å². The molecule has 0 atom stereocenters. The van der Waals surface area contributed by atoms with Crippen LogP contribution in [0.2, 0.25) is 15.1 Å². The minimum atomic E-state index is -0.429. The average molecular weight is 454 g/mol. The molecular weight excluding hydrogens is 443 g/mol. The molecule has 0 unspecified atom stereocenters. The number of amides is 1. The van der Waals surface area contributed by atoms with E-state index in [4.69, 9.17) is 44.0 Å². The second-order valence-electron chi connectivity index (χ2n) is 5.72. The summed E-state index contributed by atoms with van der Waals surface area (Å²) in [7, 11) is 1.54. The molecule has 142 valence electrons. The maximum atomic E-state index is 12.5. The Morgan fingerprint density at radius 2 is 1.93 bits per heavy atom. The van der Waals surface area contributed by atoms with Crippen molar-refractivity contribution in [3.63, 3.8) is 0 Å². The van der Waals surface area contributed by atoms with Gasteiger partial charge in [-0.15, -0.1) is 0 Å². The van der Waals surface area contributed by atoms with Crippen molar-refractivity contribution in [1.82, 2.24) is 4.98 Å². The predicted molar refractivity (Wildman–Crippen MR) is 113 cm³/mol. The molecule has 0 radical (unpaired) electrons. The zero-order valence-corrected chi connectivity index (χ0v) is 17.3. The highest BCUT2D eigenvalue weighted by Gasteiger charge is 2.17. The van der Waals surface area contributed by atoms with Crippen LogP contribution in [0.25, 0.3) is 21.5 Å². The van der Waals surface area contributed by atoms with Crippen molar-refractivity contribution in [1.29, 1.82) is 0 Å². The molecule has 0 aliphatic heterocycles. The average Bonchev–Trinajstić information content (AvgIpc) is 3.29. The van der Waals surface area contributed by atoms with E-state index in [1.807, 2.05) is 0 Å². The topological polar surface area (TPSA) is 64.4 Å². The Hall–Kier alpha value is -2.25. The predicted octanol–water partition coefficient (Wildman–Crippen LogP) is 6.78. The van der Waals surface area contributed by atoms with E-state index in [0.29, 0.717) is 42.8 Å². The molecule has 1 N–H and O–H groups in total.